The van der Waals surface area contributed by atoms with E-state index in [1.807, 2.05) is 13.0 Å². The average molecular weight is 480 g/mol. The topological polar surface area (TPSA) is 66.4 Å². The van der Waals surface area contributed by atoms with Crippen LogP contribution < -0.4 is 4.72 Å². The molecule has 1 unspecified atom stereocenters. The Labute approximate surface area is 192 Å². The van der Waals surface area contributed by atoms with Gasteiger partial charge >= 0.3 is 6.18 Å². The third kappa shape index (κ3) is 4.16. The Morgan fingerprint density at radius 2 is 1.88 bits per heavy atom. The molecule has 33 heavy (non-hydrogen) atoms. The lowest BCUT2D eigenvalue weighted by atomic mass is 9.54. The largest absolute Gasteiger partial charge is 0.508 e. The Bertz CT molecular complexity index is 1180. The van der Waals surface area contributed by atoms with E-state index in [2.05, 4.69) is 4.72 Å². The van der Waals surface area contributed by atoms with Crippen molar-refractivity contribution in [1.29, 1.82) is 0 Å². The lowest BCUT2D eigenvalue weighted by molar-refractivity contribution is -0.137. The molecule has 0 spiro atoms. The van der Waals surface area contributed by atoms with Crippen molar-refractivity contribution in [3.8, 4) is 5.75 Å². The zero-order chi connectivity index (χ0) is 23.6. The molecule has 2 bridgehead atoms. The summed E-state index contributed by atoms with van der Waals surface area (Å²) >= 11 is 0. The highest BCUT2D eigenvalue weighted by Crippen LogP contribution is 2.54. The van der Waals surface area contributed by atoms with Crippen molar-refractivity contribution in [2.75, 3.05) is 0 Å². The molecule has 3 aliphatic carbocycles. The van der Waals surface area contributed by atoms with Gasteiger partial charge in [0.15, 0.2) is 0 Å². The molecule has 0 aliphatic heterocycles. The molecule has 0 saturated heterocycles. The number of alkyl halides is 3. The van der Waals surface area contributed by atoms with E-state index in [1.165, 1.54) is 18.9 Å². The highest BCUT2D eigenvalue weighted by Gasteiger charge is 2.53. The molecular formula is C25H28F3NO3S. The van der Waals surface area contributed by atoms with E-state index in [9.17, 15) is 26.7 Å². The molecule has 4 atom stereocenters. The first kappa shape index (κ1) is 22.7. The Morgan fingerprint density at radius 3 is 2.58 bits per heavy atom. The summed E-state index contributed by atoms with van der Waals surface area (Å²) in [7, 11) is -4.18. The Balaban J connectivity index is 1.54. The highest BCUT2D eigenvalue weighted by molar-refractivity contribution is 7.89. The molecule has 0 heterocycles. The number of benzene rings is 2. The molecule has 2 N–H and O–H groups in total. The number of sulfonamides is 1. The van der Waals surface area contributed by atoms with Crippen LogP contribution in [0.5, 0.6) is 5.75 Å². The number of halogens is 3. The lowest BCUT2D eigenvalue weighted by Gasteiger charge is -2.54. The summed E-state index contributed by atoms with van der Waals surface area (Å²) in [5.74, 6) is 1.25. The lowest BCUT2D eigenvalue weighted by Crippen LogP contribution is -2.60. The summed E-state index contributed by atoms with van der Waals surface area (Å²) in [5, 5.41) is 10.1. The van der Waals surface area contributed by atoms with Crippen LogP contribution in [-0.2, 0) is 28.0 Å². The molecule has 0 radical (unpaired) electrons. The summed E-state index contributed by atoms with van der Waals surface area (Å²) in [4.78, 5) is -0.376. The van der Waals surface area contributed by atoms with Gasteiger partial charge < -0.3 is 5.11 Å². The molecule has 5 rings (SSSR count). The van der Waals surface area contributed by atoms with Gasteiger partial charge in [-0.3, -0.25) is 0 Å². The number of aromatic hydroxyl groups is 1. The first-order chi connectivity index (χ1) is 15.5. The first-order valence-electron chi connectivity index (χ1n) is 11.5. The van der Waals surface area contributed by atoms with Crippen molar-refractivity contribution in [3.05, 3.63) is 59.2 Å². The van der Waals surface area contributed by atoms with E-state index >= 15 is 0 Å². The van der Waals surface area contributed by atoms with E-state index in [1.54, 1.807) is 12.1 Å². The zero-order valence-electron chi connectivity index (χ0n) is 18.4. The summed E-state index contributed by atoms with van der Waals surface area (Å²) in [6.45, 7) is 2.02. The third-order valence-corrected chi connectivity index (χ3v) is 9.44. The fraction of sp³-hybridized carbons (Fsp3) is 0.520. The maximum Gasteiger partial charge on any atom is 0.416 e. The number of phenols is 1. The minimum Gasteiger partial charge on any atom is -0.508 e. The monoisotopic (exact) mass is 479 g/mol. The van der Waals surface area contributed by atoms with Gasteiger partial charge in [0.25, 0.3) is 0 Å². The number of rotatable bonds is 5. The zero-order valence-corrected chi connectivity index (χ0v) is 19.2. The SMILES string of the molecule is C[C@]12CCC(CC3CC3)[C@H](Cc3ccc(O)cc31)[C@H]2NS(=O)(=O)c1cccc(C(F)(F)F)c1. The van der Waals surface area contributed by atoms with Crippen molar-refractivity contribution >= 4 is 10.0 Å². The number of phenolic OH excluding ortho intramolecular Hbond substituents is 1. The van der Waals surface area contributed by atoms with E-state index < -0.39 is 33.2 Å². The van der Waals surface area contributed by atoms with E-state index in [0.29, 0.717) is 24.3 Å². The average Bonchev–Trinajstić information content (AvgIpc) is 3.56. The first-order valence-corrected chi connectivity index (χ1v) is 13.0. The molecule has 2 aromatic carbocycles. The van der Waals surface area contributed by atoms with Crippen molar-refractivity contribution < 1.29 is 26.7 Å². The summed E-state index contributed by atoms with van der Waals surface area (Å²) in [6, 6.07) is 8.77. The van der Waals surface area contributed by atoms with Crippen molar-refractivity contribution in [2.24, 2.45) is 17.8 Å². The van der Waals surface area contributed by atoms with Crippen LogP contribution in [0, 0.1) is 17.8 Å². The van der Waals surface area contributed by atoms with Crippen molar-refractivity contribution in [2.45, 2.75) is 68.0 Å². The van der Waals surface area contributed by atoms with Crippen LogP contribution >= 0.6 is 0 Å². The molecule has 3 aliphatic rings. The minimum absolute atomic E-state index is 0.0574. The van der Waals surface area contributed by atoms with Crippen LogP contribution in [-0.4, -0.2) is 19.6 Å². The second-order valence-corrected chi connectivity index (χ2v) is 11.9. The smallest absolute Gasteiger partial charge is 0.416 e. The summed E-state index contributed by atoms with van der Waals surface area (Å²) in [6.07, 6.45) is 1.30. The summed E-state index contributed by atoms with van der Waals surface area (Å²) in [5.41, 5.74) is 0.518. The second-order valence-electron chi connectivity index (χ2n) is 10.2. The number of hydrogen-bond acceptors (Lipinski definition) is 3. The van der Waals surface area contributed by atoms with Gasteiger partial charge in [-0.25, -0.2) is 13.1 Å². The predicted molar refractivity (Wildman–Crippen MR) is 118 cm³/mol. The van der Waals surface area contributed by atoms with Gasteiger partial charge in [0.1, 0.15) is 5.75 Å². The van der Waals surface area contributed by atoms with Crippen LogP contribution in [0.1, 0.15) is 55.7 Å². The maximum atomic E-state index is 13.3. The number of nitrogens with one attached hydrogen (secondary N) is 1. The van der Waals surface area contributed by atoms with Gasteiger partial charge in [0.2, 0.25) is 10.0 Å². The van der Waals surface area contributed by atoms with E-state index in [-0.39, 0.29) is 16.6 Å². The fourth-order valence-corrected chi connectivity index (χ4v) is 7.53. The molecule has 4 nitrogen and oxygen atoms in total. The van der Waals surface area contributed by atoms with Crippen LogP contribution in [0.3, 0.4) is 0 Å². The van der Waals surface area contributed by atoms with E-state index in [4.69, 9.17) is 0 Å². The minimum atomic E-state index is -4.62. The molecular weight excluding hydrogens is 451 g/mol. The third-order valence-electron chi connectivity index (χ3n) is 8.01. The molecule has 2 aromatic rings. The van der Waals surface area contributed by atoms with Gasteiger partial charge in [0.05, 0.1) is 10.5 Å². The summed E-state index contributed by atoms with van der Waals surface area (Å²) < 4.78 is 69.1. The van der Waals surface area contributed by atoms with Gasteiger partial charge in [-0.1, -0.05) is 31.9 Å². The quantitative estimate of drug-likeness (QED) is 0.604. The molecule has 2 saturated carbocycles. The van der Waals surface area contributed by atoms with Crippen LogP contribution in [0.4, 0.5) is 13.2 Å². The van der Waals surface area contributed by atoms with Gasteiger partial charge in [-0.15, -0.1) is 0 Å². The van der Waals surface area contributed by atoms with E-state index in [0.717, 1.165) is 42.5 Å². The van der Waals surface area contributed by atoms with Gasteiger partial charge in [-0.2, -0.15) is 13.2 Å². The normalized spacial score (nSPS) is 29.5. The van der Waals surface area contributed by atoms with Gasteiger partial charge in [0, 0.05) is 11.5 Å². The van der Waals surface area contributed by atoms with Crippen LogP contribution in [0.2, 0.25) is 0 Å². The molecule has 2 fully saturated rings. The van der Waals surface area contributed by atoms with Gasteiger partial charge in [-0.05, 0) is 84.9 Å². The Kier molecular flexibility index (Phi) is 5.32. The predicted octanol–water partition coefficient (Wildman–Crippen LogP) is 5.40. The van der Waals surface area contributed by atoms with Crippen LogP contribution in [0.25, 0.3) is 0 Å². The number of hydrogen-bond donors (Lipinski definition) is 2. The van der Waals surface area contributed by atoms with Crippen molar-refractivity contribution in [1.82, 2.24) is 4.72 Å². The molecule has 178 valence electrons. The maximum absolute atomic E-state index is 13.3. The Hall–Kier alpha value is -2.06. The van der Waals surface area contributed by atoms with Crippen molar-refractivity contribution in [3.63, 3.8) is 0 Å². The highest BCUT2D eigenvalue weighted by atomic mass is 32.2. The number of fused-ring (bicyclic) bond motifs is 4. The molecule has 0 amide bonds. The second kappa shape index (κ2) is 7.73. The standard InChI is InChI=1S/C25H28F3NO3S/c1-24-10-9-16(11-15-5-6-15)21(12-17-7-8-19(30)14-22(17)24)23(24)29-33(31,32)20-4-2-3-18(13-20)25(26,27)28/h2-4,7-8,13-16,21,23,29-30H,5-6,9-12H2,1H3/t16?,21-,23+,24-/m0/s1. The van der Waals surface area contributed by atoms with Crippen LogP contribution in [0.15, 0.2) is 47.4 Å². The fourth-order valence-electron chi connectivity index (χ4n) is 6.08. The molecule has 8 heteroatoms. The Morgan fingerprint density at radius 1 is 1.12 bits per heavy atom. The molecule has 0 aromatic heterocycles.